The number of nitrogens with zero attached hydrogens (tertiary/aromatic N) is 3. The van der Waals surface area contributed by atoms with Gasteiger partial charge in [0, 0.05) is 32.3 Å². The molecule has 0 saturated heterocycles. The lowest BCUT2D eigenvalue weighted by Gasteiger charge is -2.39. The standard InChI is InChI=1S/C16H22F3N3O/c1-21-9-10(8-20-21)11-7-12(11)15(23)22(2)14-6-4-3-5-13(14)16(17,18)19/h8-9,11-14H,3-7H2,1-2H3/t11-,12+,13+,14-/m0/s1. The highest BCUT2D eigenvalue weighted by Gasteiger charge is 2.51. The predicted molar refractivity (Wildman–Crippen MR) is 78.6 cm³/mol. The topological polar surface area (TPSA) is 38.1 Å². The number of hydrogen-bond donors (Lipinski definition) is 0. The Morgan fingerprint density at radius 1 is 1.35 bits per heavy atom. The van der Waals surface area contributed by atoms with E-state index in [-0.39, 0.29) is 24.2 Å². The largest absolute Gasteiger partial charge is 0.393 e. The normalized spacial score (nSPS) is 31.0. The molecule has 3 rings (SSSR count). The SMILES string of the molecule is CN(C(=O)[C@@H]1C[C@H]1c1cnn(C)c1)[C@H]1CCCC[C@H]1C(F)(F)F. The molecule has 0 aromatic carbocycles. The summed E-state index contributed by atoms with van der Waals surface area (Å²) in [5.41, 5.74) is 0.996. The highest BCUT2D eigenvalue weighted by Crippen LogP contribution is 2.49. The molecule has 0 unspecified atom stereocenters. The molecule has 2 saturated carbocycles. The molecular formula is C16H22F3N3O. The van der Waals surface area contributed by atoms with Crippen LogP contribution in [0, 0.1) is 11.8 Å². The van der Waals surface area contributed by atoms with E-state index in [0.29, 0.717) is 19.3 Å². The number of hydrogen-bond acceptors (Lipinski definition) is 2. The number of carbonyl (C=O) groups is 1. The highest BCUT2D eigenvalue weighted by molar-refractivity contribution is 5.83. The van der Waals surface area contributed by atoms with Crippen molar-refractivity contribution in [1.29, 1.82) is 0 Å². The number of aromatic nitrogens is 2. The molecule has 4 atom stereocenters. The maximum atomic E-state index is 13.2. The maximum absolute atomic E-state index is 13.2. The molecule has 1 aromatic rings. The van der Waals surface area contributed by atoms with E-state index in [1.165, 1.54) is 11.9 Å². The first kappa shape index (κ1) is 16.3. The van der Waals surface area contributed by atoms with Gasteiger partial charge >= 0.3 is 6.18 Å². The van der Waals surface area contributed by atoms with Gasteiger partial charge in [-0.25, -0.2) is 0 Å². The number of aryl methyl sites for hydroxylation is 1. The minimum absolute atomic E-state index is 0.103. The summed E-state index contributed by atoms with van der Waals surface area (Å²) >= 11 is 0. The van der Waals surface area contributed by atoms with Crippen molar-refractivity contribution in [3.05, 3.63) is 18.0 Å². The average Bonchev–Trinajstić information content (AvgIpc) is 3.19. The minimum Gasteiger partial charge on any atom is -0.342 e. The Morgan fingerprint density at radius 3 is 2.65 bits per heavy atom. The lowest BCUT2D eigenvalue weighted by Crippen LogP contribution is -2.49. The Morgan fingerprint density at radius 2 is 2.04 bits per heavy atom. The van der Waals surface area contributed by atoms with E-state index in [4.69, 9.17) is 0 Å². The van der Waals surface area contributed by atoms with Crippen LogP contribution in [0.2, 0.25) is 0 Å². The summed E-state index contributed by atoms with van der Waals surface area (Å²) in [4.78, 5) is 14.0. The zero-order chi connectivity index (χ0) is 16.8. The van der Waals surface area contributed by atoms with Gasteiger partial charge in [0.1, 0.15) is 0 Å². The van der Waals surface area contributed by atoms with Crippen molar-refractivity contribution in [2.75, 3.05) is 7.05 Å². The van der Waals surface area contributed by atoms with Gasteiger partial charge in [-0.2, -0.15) is 18.3 Å². The molecule has 2 aliphatic carbocycles. The third kappa shape index (κ3) is 3.23. The molecule has 128 valence electrons. The Balaban J connectivity index is 1.67. The minimum atomic E-state index is -4.23. The zero-order valence-corrected chi connectivity index (χ0v) is 13.4. The smallest absolute Gasteiger partial charge is 0.342 e. The van der Waals surface area contributed by atoms with E-state index in [0.717, 1.165) is 12.0 Å². The summed E-state index contributed by atoms with van der Waals surface area (Å²) in [6.07, 6.45) is 1.99. The molecule has 4 nitrogen and oxygen atoms in total. The van der Waals surface area contributed by atoms with E-state index >= 15 is 0 Å². The zero-order valence-electron chi connectivity index (χ0n) is 13.4. The summed E-state index contributed by atoms with van der Waals surface area (Å²) in [5.74, 6) is -1.63. The van der Waals surface area contributed by atoms with Crippen LogP contribution < -0.4 is 0 Å². The highest BCUT2D eigenvalue weighted by atomic mass is 19.4. The number of halogens is 3. The summed E-state index contributed by atoms with van der Waals surface area (Å²) in [6, 6.07) is -0.716. The fraction of sp³-hybridized carbons (Fsp3) is 0.750. The number of rotatable bonds is 3. The van der Waals surface area contributed by atoms with Gasteiger partial charge in [-0.3, -0.25) is 9.48 Å². The molecular weight excluding hydrogens is 307 g/mol. The third-order valence-electron chi connectivity index (χ3n) is 5.26. The first-order chi connectivity index (χ1) is 10.8. The van der Waals surface area contributed by atoms with Gasteiger partial charge in [-0.15, -0.1) is 0 Å². The average molecular weight is 329 g/mol. The van der Waals surface area contributed by atoms with E-state index in [1.54, 1.807) is 10.9 Å². The molecule has 0 bridgehead atoms. The summed E-state index contributed by atoms with van der Waals surface area (Å²) < 4.78 is 41.4. The lowest BCUT2D eigenvalue weighted by molar-refractivity contribution is -0.199. The molecule has 1 amide bonds. The van der Waals surface area contributed by atoms with Gasteiger partial charge in [-0.05, 0) is 30.7 Å². The van der Waals surface area contributed by atoms with Gasteiger partial charge in [0.15, 0.2) is 0 Å². The van der Waals surface area contributed by atoms with Gasteiger partial charge < -0.3 is 4.90 Å². The van der Waals surface area contributed by atoms with E-state index in [9.17, 15) is 18.0 Å². The van der Waals surface area contributed by atoms with Gasteiger partial charge in [-0.1, -0.05) is 12.8 Å². The quantitative estimate of drug-likeness (QED) is 0.855. The van der Waals surface area contributed by atoms with E-state index < -0.39 is 18.1 Å². The van der Waals surface area contributed by atoms with Crippen molar-refractivity contribution in [3.8, 4) is 0 Å². The van der Waals surface area contributed by atoms with Crippen LogP contribution in [-0.4, -0.2) is 39.9 Å². The molecule has 23 heavy (non-hydrogen) atoms. The molecule has 0 N–H and O–H groups in total. The van der Waals surface area contributed by atoms with Gasteiger partial charge in [0.25, 0.3) is 0 Å². The molecule has 0 spiro atoms. The Bertz CT molecular complexity index is 583. The summed E-state index contributed by atoms with van der Waals surface area (Å²) in [7, 11) is 3.35. The van der Waals surface area contributed by atoms with Crippen LogP contribution in [0.3, 0.4) is 0 Å². The fourth-order valence-electron chi connectivity index (χ4n) is 3.85. The Kier molecular flexibility index (Phi) is 4.14. The second kappa shape index (κ2) is 5.83. The second-order valence-electron chi connectivity index (χ2n) is 6.85. The van der Waals surface area contributed by atoms with Crippen LogP contribution in [0.5, 0.6) is 0 Å². The maximum Gasteiger partial charge on any atom is 0.393 e. The van der Waals surface area contributed by atoms with E-state index in [2.05, 4.69) is 5.10 Å². The number of carbonyl (C=O) groups excluding carboxylic acids is 1. The molecule has 2 aliphatic rings. The van der Waals surface area contributed by atoms with Gasteiger partial charge in [0.2, 0.25) is 5.91 Å². The van der Waals surface area contributed by atoms with Crippen molar-refractivity contribution in [3.63, 3.8) is 0 Å². The van der Waals surface area contributed by atoms with Crippen LogP contribution in [0.4, 0.5) is 13.2 Å². The van der Waals surface area contributed by atoms with Crippen LogP contribution in [-0.2, 0) is 11.8 Å². The Labute approximate surface area is 133 Å². The molecule has 1 aromatic heterocycles. The van der Waals surface area contributed by atoms with Gasteiger partial charge in [0.05, 0.1) is 12.1 Å². The van der Waals surface area contributed by atoms with Crippen molar-refractivity contribution in [2.24, 2.45) is 18.9 Å². The third-order valence-corrected chi connectivity index (χ3v) is 5.26. The van der Waals surface area contributed by atoms with Crippen LogP contribution in [0.1, 0.15) is 43.6 Å². The summed E-state index contributed by atoms with van der Waals surface area (Å²) in [6.45, 7) is 0. The number of alkyl halides is 3. The van der Waals surface area contributed by atoms with Crippen LogP contribution in [0.25, 0.3) is 0 Å². The molecule has 0 radical (unpaired) electrons. The van der Waals surface area contributed by atoms with Crippen molar-refractivity contribution in [1.82, 2.24) is 14.7 Å². The monoisotopic (exact) mass is 329 g/mol. The molecule has 1 heterocycles. The van der Waals surface area contributed by atoms with E-state index in [1.807, 2.05) is 13.2 Å². The predicted octanol–water partition coefficient (Wildman–Crippen LogP) is 3.10. The van der Waals surface area contributed by atoms with Crippen molar-refractivity contribution < 1.29 is 18.0 Å². The molecule has 2 fully saturated rings. The van der Waals surface area contributed by atoms with Crippen molar-refractivity contribution in [2.45, 2.75) is 50.2 Å². The second-order valence-corrected chi connectivity index (χ2v) is 6.85. The fourth-order valence-corrected chi connectivity index (χ4v) is 3.85. The van der Waals surface area contributed by atoms with Crippen molar-refractivity contribution >= 4 is 5.91 Å². The summed E-state index contributed by atoms with van der Waals surface area (Å²) in [5, 5.41) is 4.09. The van der Waals surface area contributed by atoms with Crippen LogP contribution >= 0.6 is 0 Å². The Hall–Kier alpha value is -1.53. The van der Waals surface area contributed by atoms with Crippen LogP contribution in [0.15, 0.2) is 12.4 Å². The lowest BCUT2D eigenvalue weighted by atomic mass is 9.83. The molecule has 7 heteroatoms. The number of amides is 1. The first-order valence-corrected chi connectivity index (χ1v) is 8.11. The first-order valence-electron chi connectivity index (χ1n) is 8.11. The molecule has 0 aliphatic heterocycles.